The summed E-state index contributed by atoms with van der Waals surface area (Å²) in [4.78, 5) is 14.1. The summed E-state index contributed by atoms with van der Waals surface area (Å²) < 4.78 is 37.9. The smallest absolute Gasteiger partial charge is 0.342 e. The lowest BCUT2D eigenvalue weighted by Crippen LogP contribution is -2.45. The first-order valence-electron chi connectivity index (χ1n) is 7.97. The normalized spacial score (nSPS) is 28.7. The largest absolute Gasteiger partial charge is 0.391 e. The summed E-state index contributed by atoms with van der Waals surface area (Å²) in [6, 6.07) is 0. The van der Waals surface area contributed by atoms with Gasteiger partial charge in [0.2, 0.25) is 5.91 Å². The lowest BCUT2D eigenvalue weighted by molar-refractivity contribution is -0.187. The van der Waals surface area contributed by atoms with Crippen LogP contribution >= 0.6 is 0 Å². The molecule has 2 atom stereocenters. The van der Waals surface area contributed by atoms with Gasteiger partial charge in [-0.2, -0.15) is 13.2 Å². The topological polar surface area (TPSA) is 46.3 Å². The highest BCUT2D eigenvalue weighted by atomic mass is 19.4. The van der Waals surface area contributed by atoms with Crippen molar-refractivity contribution in [3.8, 4) is 0 Å². The molecule has 1 heterocycles. The molecule has 0 radical (unpaired) electrons. The Morgan fingerprint density at radius 3 is 2.38 bits per heavy atom. The van der Waals surface area contributed by atoms with Crippen molar-refractivity contribution in [3.63, 3.8) is 0 Å². The molecule has 0 aromatic carbocycles. The Morgan fingerprint density at radius 2 is 1.81 bits per heavy atom. The van der Waals surface area contributed by atoms with Crippen molar-refractivity contribution in [1.82, 2.24) is 4.90 Å². The van der Waals surface area contributed by atoms with Crippen LogP contribution in [0.2, 0.25) is 0 Å². The summed E-state index contributed by atoms with van der Waals surface area (Å²) in [6.45, 7) is 1.14. The number of hydrogen-bond acceptors (Lipinski definition) is 2. The van der Waals surface area contributed by atoms with Crippen LogP contribution in [0.15, 0.2) is 0 Å². The number of halogens is 3. The summed E-state index contributed by atoms with van der Waals surface area (Å²) in [5.41, 5.74) is 5.58. The Labute approximate surface area is 124 Å². The number of amides is 1. The van der Waals surface area contributed by atoms with Crippen LogP contribution in [0.25, 0.3) is 0 Å². The van der Waals surface area contributed by atoms with Crippen molar-refractivity contribution in [2.24, 2.45) is 23.5 Å². The van der Waals surface area contributed by atoms with Crippen molar-refractivity contribution in [2.45, 2.75) is 51.1 Å². The van der Waals surface area contributed by atoms with Gasteiger partial charge in [-0.25, -0.2) is 0 Å². The van der Waals surface area contributed by atoms with E-state index in [0.29, 0.717) is 12.5 Å². The average molecular weight is 306 g/mol. The second-order valence-corrected chi connectivity index (χ2v) is 6.45. The van der Waals surface area contributed by atoms with Gasteiger partial charge in [-0.05, 0) is 44.6 Å². The molecule has 0 aromatic rings. The van der Waals surface area contributed by atoms with Gasteiger partial charge in [0, 0.05) is 19.0 Å². The summed E-state index contributed by atoms with van der Waals surface area (Å²) >= 11 is 0. The van der Waals surface area contributed by atoms with E-state index in [1.54, 1.807) is 4.90 Å². The molecule has 2 N–H and O–H groups in total. The molecule has 2 aliphatic rings. The van der Waals surface area contributed by atoms with Gasteiger partial charge in [-0.15, -0.1) is 0 Å². The molecule has 2 fully saturated rings. The molecule has 1 saturated carbocycles. The van der Waals surface area contributed by atoms with E-state index in [1.165, 1.54) is 0 Å². The molecule has 1 aliphatic heterocycles. The molecule has 2 unspecified atom stereocenters. The molecular weight excluding hydrogens is 281 g/mol. The molecule has 2 rings (SSSR count). The van der Waals surface area contributed by atoms with Crippen LogP contribution in [-0.2, 0) is 4.79 Å². The Hall–Kier alpha value is -0.780. The maximum absolute atomic E-state index is 12.6. The molecule has 6 heteroatoms. The minimum Gasteiger partial charge on any atom is -0.342 e. The van der Waals surface area contributed by atoms with Crippen molar-refractivity contribution in [3.05, 3.63) is 0 Å². The summed E-state index contributed by atoms with van der Waals surface area (Å²) in [6.07, 6.45) is 0.806. The SMILES string of the molecule is NCCC1CCCC(C(=O)N2CCC(C(F)(F)F)CC2)C1. The van der Waals surface area contributed by atoms with Crippen LogP contribution < -0.4 is 5.73 Å². The van der Waals surface area contributed by atoms with Gasteiger partial charge in [-0.1, -0.05) is 12.8 Å². The van der Waals surface area contributed by atoms with Crippen molar-refractivity contribution < 1.29 is 18.0 Å². The number of hydrogen-bond donors (Lipinski definition) is 1. The molecular formula is C15H25F3N2O. The third-order valence-corrected chi connectivity index (χ3v) is 4.98. The van der Waals surface area contributed by atoms with Gasteiger partial charge < -0.3 is 10.6 Å². The predicted octanol–water partition coefficient (Wildman–Crippen LogP) is 2.94. The van der Waals surface area contributed by atoms with Crippen molar-refractivity contribution in [1.29, 1.82) is 0 Å². The van der Waals surface area contributed by atoms with E-state index >= 15 is 0 Å². The number of rotatable bonds is 3. The van der Waals surface area contributed by atoms with E-state index in [4.69, 9.17) is 5.73 Å². The minimum atomic E-state index is -4.12. The molecule has 21 heavy (non-hydrogen) atoms. The van der Waals surface area contributed by atoms with Crippen LogP contribution in [0.1, 0.15) is 44.9 Å². The minimum absolute atomic E-state index is 0.00210. The van der Waals surface area contributed by atoms with E-state index in [1.807, 2.05) is 0 Å². The van der Waals surface area contributed by atoms with Crippen LogP contribution in [0.5, 0.6) is 0 Å². The molecule has 0 bridgehead atoms. The maximum Gasteiger partial charge on any atom is 0.391 e. The number of carbonyl (C=O) groups excluding carboxylic acids is 1. The molecule has 122 valence electrons. The zero-order valence-corrected chi connectivity index (χ0v) is 12.4. The third kappa shape index (κ3) is 4.34. The molecule has 3 nitrogen and oxygen atoms in total. The lowest BCUT2D eigenvalue weighted by Gasteiger charge is -2.37. The number of carbonyl (C=O) groups is 1. The predicted molar refractivity (Wildman–Crippen MR) is 74.5 cm³/mol. The third-order valence-electron chi connectivity index (χ3n) is 4.98. The van der Waals surface area contributed by atoms with Gasteiger partial charge >= 0.3 is 6.18 Å². The fourth-order valence-electron chi connectivity index (χ4n) is 3.70. The number of nitrogens with zero attached hydrogens (tertiary/aromatic N) is 1. The standard InChI is InChI=1S/C15H25F3N2O/c16-15(17,18)13-5-8-20(9-6-13)14(21)12-3-1-2-11(10-12)4-7-19/h11-13H,1-10,19H2. The highest BCUT2D eigenvalue weighted by Gasteiger charge is 2.42. The Kier molecular flexibility index (Phi) is 5.52. The Balaban J connectivity index is 1.84. The summed E-state index contributed by atoms with van der Waals surface area (Å²) in [7, 11) is 0. The first-order valence-corrected chi connectivity index (χ1v) is 7.97. The van der Waals surface area contributed by atoms with E-state index in [2.05, 4.69) is 0 Å². The second-order valence-electron chi connectivity index (χ2n) is 6.45. The van der Waals surface area contributed by atoms with Crippen LogP contribution in [0.3, 0.4) is 0 Å². The highest BCUT2D eigenvalue weighted by Crippen LogP contribution is 2.36. The van der Waals surface area contributed by atoms with E-state index in [9.17, 15) is 18.0 Å². The average Bonchev–Trinajstić information content (AvgIpc) is 2.46. The van der Waals surface area contributed by atoms with Gasteiger partial charge in [0.1, 0.15) is 0 Å². The highest BCUT2D eigenvalue weighted by molar-refractivity contribution is 5.79. The molecule has 1 amide bonds. The first-order chi connectivity index (χ1) is 9.91. The molecule has 0 aromatic heterocycles. The molecule has 1 aliphatic carbocycles. The van der Waals surface area contributed by atoms with E-state index in [0.717, 1.165) is 32.1 Å². The van der Waals surface area contributed by atoms with Gasteiger partial charge in [-0.3, -0.25) is 4.79 Å². The summed E-state index contributed by atoms with van der Waals surface area (Å²) in [5, 5.41) is 0. The number of piperidine rings is 1. The Bertz CT molecular complexity index is 349. The van der Waals surface area contributed by atoms with E-state index < -0.39 is 12.1 Å². The van der Waals surface area contributed by atoms with Gasteiger partial charge in [0.15, 0.2) is 0 Å². The van der Waals surface area contributed by atoms with Gasteiger partial charge in [0.05, 0.1) is 5.92 Å². The van der Waals surface area contributed by atoms with Crippen LogP contribution in [-0.4, -0.2) is 36.6 Å². The number of likely N-dealkylation sites (tertiary alicyclic amines) is 1. The van der Waals surface area contributed by atoms with Crippen LogP contribution in [0, 0.1) is 17.8 Å². The summed E-state index contributed by atoms with van der Waals surface area (Å²) in [5.74, 6) is -0.668. The monoisotopic (exact) mass is 306 g/mol. The van der Waals surface area contributed by atoms with Crippen LogP contribution in [0.4, 0.5) is 13.2 Å². The second kappa shape index (κ2) is 6.99. The Morgan fingerprint density at radius 1 is 1.14 bits per heavy atom. The zero-order chi connectivity index (χ0) is 15.5. The van der Waals surface area contributed by atoms with E-state index in [-0.39, 0.29) is 37.8 Å². The fraction of sp³-hybridized carbons (Fsp3) is 0.933. The molecule has 0 spiro atoms. The van der Waals surface area contributed by atoms with Crippen molar-refractivity contribution >= 4 is 5.91 Å². The first kappa shape index (κ1) is 16.6. The quantitative estimate of drug-likeness (QED) is 0.871. The number of nitrogens with two attached hydrogens (primary N) is 1. The maximum atomic E-state index is 12.6. The zero-order valence-electron chi connectivity index (χ0n) is 12.4. The fourth-order valence-corrected chi connectivity index (χ4v) is 3.70. The van der Waals surface area contributed by atoms with Crippen molar-refractivity contribution in [2.75, 3.05) is 19.6 Å². The molecule has 1 saturated heterocycles. The number of alkyl halides is 3. The lowest BCUT2D eigenvalue weighted by atomic mass is 9.79. The van der Waals surface area contributed by atoms with Gasteiger partial charge in [0.25, 0.3) is 0 Å².